The number of benzene rings is 3. The third-order valence-corrected chi connectivity index (χ3v) is 6.14. The maximum atomic E-state index is 12.1. The highest BCUT2D eigenvalue weighted by Gasteiger charge is 2.16. The molecule has 0 aliphatic heterocycles. The standard InChI is InChI=1S/C29H29N5O3/c1-4-36-28(35)16-22-8-5-6-11-27(22)37-17-25-24-15-21(12-13-26(24)34(33-25)19(2)3)20-9-7-10-23(14-20)29-30-18-31-32-29/h5-15,18-19H,4,16-17H2,1-3H3,(H,30,31,32). The Morgan fingerprint density at radius 1 is 1.00 bits per heavy atom. The first-order chi connectivity index (χ1) is 18.0. The van der Waals surface area contributed by atoms with Crippen LogP contribution in [0.4, 0.5) is 0 Å². The van der Waals surface area contributed by atoms with Crippen molar-refractivity contribution in [3.05, 3.63) is 84.3 Å². The van der Waals surface area contributed by atoms with Crippen LogP contribution in [0.1, 0.15) is 38.1 Å². The number of hydrogen-bond acceptors (Lipinski definition) is 6. The van der Waals surface area contributed by atoms with E-state index in [0.717, 1.165) is 44.7 Å². The predicted molar refractivity (Wildman–Crippen MR) is 142 cm³/mol. The smallest absolute Gasteiger partial charge is 0.310 e. The van der Waals surface area contributed by atoms with E-state index in [0.29, 0.717) is 12.4 Å². The topological polar surface area (TPSA) is 94.9 Å². The Bertz CT molecular complexity index is 1520. The van der Waals surface area contributed by atoms with Crippen molar-refractivity contribution in [2.24, 2.45) is 0 Å². The summed E-state index contributed by atoms with van der Waals surface area (Å²) in [6.45, 7) is 6.65. The zero-order chi connectivity index (χ0) is 25.8. The first-order valence-electron chi connectivity index (χ1n) is 12.4. The minimum Gasteiger partial charge on any atom is -0.487 e. The summed E-state index contributed by atoms with van der Waals surface area (Å²) in [7, 11) is 0. The summed E-state index contributed by atoms with van der Waals surface area (Å²) in [6, 6.07) is 22.3. The number of aromatic amines is 1. The predicted octanol–water partition coefficient (Wildman–Crippen LogP) is 5.75. The van der Waals surface area contributed by atoms with Crippen LogP contribution < -0.4 is 4.74 Å². The van der Waals surface area contributed by atoms with E-state index in [9.17, 15) is 4.79 Å². The van der Waals surface area contributed by atoms with Crippen LogP contribution >= 0.6 is 0 Å². The summed E-state index contributed by atoms with van der Waals surface area (Å²) in [6.07, 6.45) is 1.74. The number of aromatic nitrogens is 5. The summed E-state index contributed by atoms with van der Waals surface area (Å²) in [5, 5.41) is 13.9. The Morgan fingerprint density at radius 2 is 1.81 bits per heavy atom. The maximum Gasteiger partial charge on any atom is 0.310 e. The number of carbonyl (C=O) groups excluding carboxylic acids is 1. The molecule has 5 aromatic rings. The Labute approximate surface area is 215 Å². The number of nitrogens with zero attached hydrogens (tertiary/aromatic N) is 4. The molecule has 0 aliphatic carbocycles. The van der Waals surface area contributed by atoms with Crippen LogP contribution in [0.5, 0.6) is 5.75 Å². The molecule has 0 amide bonds. The van der Waals surface area contributed by atoms with Gasteiger partial charge < -0.3 is 14.5 Å². The third-order valence-electron chi connectivity index (χ3n) is 6.14. The summed E-state index contributed by atoms with van der Waals surface area (Å²) in [5.41, 5.74) is 5.78. The fraction of sp³-hybridized carbons (Fsp3) is 0.241. The monoisotopic (exact) mass is 495 g/mol. The fourth-order valence-corrected chi connectivity index (χ4v) is 4.38. The fourth-order valence-electron chi connectivity index (χ4n) is 4.38. The lowest BCUT2D eigenvalue weighted by atomic mass is 10.0. The average molecular weight is 496 g/mol. The first kappa shape index (κ1) is 24.2. The molecule has 0 unspecified atom stereocenters. The van der Waals surface area contributed by atoms with Gasteiger partial charge in [-0.15, -0.1) is 10.2 Å². The van der Waals surface area contributed by atoms with Gasteiger partial charge in [0.05, 0.1) is 18.5 Å². The normalized spacial score (nSPS) is 11.2. The molecule has 0 saturated heterocycles. The van der Waals surface area contributed by atoms with Crippen molar-refractivity contribution >= 4 is 16.9 Å². The van der Waals surface area contributed by atoms with E-state index in [2.05, 4.69) is 59.4 Å². The molecule has 8 heteroatoms. The van der Waals surface area contributed by atoms with E-state index in [1.165, 1.54) is 0 Å². The summed E-state index contributed by atoms with van der Waals surface area (Å²) < 4.78 is 13.4. The average Bonchev–Trinajstić information content (AvgIpc) is 3.57. The molecule has 2 heterocycles. The molecule has 0 fully saturated rings. The van der Waals surface area contributed by atoms with Gasteiger partial charge in [0, 0.05) is 22.6 Å². The molecule has 8 nitrogen and oxygen atoms in total. The third kappa shape index (κ3) is 5.23. The van der Waals surface area contributed by atoms with Crippen LogP contribution in [-0.2, 0) is 22.6 Å². The van der Waals surface area contributed by atoms with E-state index in [1.807, 2.05) is 41.1 Å². The minimum absolute atomic E-state index is 0.164. The second-order valence-electron chi connectivity index (χ2n) is 9.01. The summed E-state index contributed by atoms with van der Waals surface area (Å²) >= 11 is 0. The molecule has 0 spiro atoms. The number of esters is 1. The SMILES string of the molecule is CCOC(=O)Cc1ccccc1OCc1nn(C(C)C)c2ccc(-c3cccc(-c4nnc[nH]4)c3)cc12. The van der Waals surface area contributed by atoms with Crippen LogP contribution in [0.15, 0.2) is 73.1 Å². The lowest BCUT2D eigenvalue weighted by Crippen LogP contribution is -2.09. The van der Waals surface area contributed by atoms with Crippen molar-refractivity contribution in [3.8, 4) is 28.3 Å². The van der Waals surface area contributed by atoms with Crippen LogP contribution in [0, 0.1) is 0 Å². The van der Waals surface area contributed by atoms with Crippen molar-refractivity contribution in [1.29, 1.82) is 0 Å². The number of rotatable bonds is 9. The first-order valence-corrected chi connectivity index (χ1v) is 12.4. The molecule has 5 rings (SSSR count). The zero-order valence-corrected chi connectivity index (χ0v) is 21.1. The molecule has 1 N–H and O–H groups in total. The number of nitrogens with one attached hydrogen (secondary N) is 1. The molecular formula is C29H29N5O3. The Morgan fingerprint density at radius 3 is 2.59 bits per heavy atom. The van der Waals surface area contributed by atoms with Crippen molar-refractivity contribution in [3.63, 3.8) is 0 Å². The maximum absolute atomic E-state index is 12.1. The second-order valence-corrected chi connectivity index (χ2v) is 9.01. The van der Waals surface area contributed by atoms with Gasteiger partial charge in [-0.25, -0.2) is 0 Å². The van der Waals surface area contributed by atoms with Gasteiger partial charge in [0.1, 0.15) is 24.4 Å². The Balaban J connectivity index is 1.47. The zero-order valence-electron chi connectivity index (χ0n) is 21.1. The van der Waals surface area contributed by atoms with Crippen LogP contribution in [-0.4, -0.2) is 37.5 Å². The van der Waals surface area contributed by atoms with Gasteiger partial charge >= 0.3 is 5.97 Å². The van der Waals surface area contributed by atoms with Gasteiger partial charge in [-0.05, 0) is 56.2 Å². The number of carbonyl (C=O) groups is 1. The molecule has 0 atom stereocenters. The highest BCUT2D eigenvalue weighted by atomic mass is 16.5. The molecule has 3 aromatic carbocycles. The molecule has 0 saturated carbocycles. The largest absolute Gasteiger partial charge is 0.487 e. The van der Waals surface area contributed by atoms with Gasteiger partial charge in [0.25, 0.3) is 0 Å². The van der Waals surface area contributed by atoms with Gasteiger partial charge in [-0.1, -0.05) is 42.5 Å². The van der Waals surface area contributed by atoms with Gasteiger partial charge in [0.2, 0.25) is 0 Å². The number of hydrogen-bond donors (Lipinski definition) is 1. The molecular weight excluding hydrogens is 466 g/mol. The van der Waals surface area contributed by atoms with E-state index in [-0.39, 0.29) is 25.0 Å². The van der Waals surface area contributed by atoms with Gasteiger partial charge in [-0.3, -0.25) is 9.48 Å². The minimum atomic E-state index is -0.273. The molecule has 2 aromatic heterocycles. The molecule has 0 bridgehead atoms. The van der Waals surface area contributed by atoms with Crippen molar-refractivity contribution in [2.45, 2.75) is 39.8 Å². The van der Waals surface area contributed by atoms with Crippen LogP contribution in [0.3, 0.4) is 0 Å². The van der Waals surface area contributed by atoms with Crippen LogP contribution in [0.2, 0.25) is 0 Å². The number of fused-ring (bicyclic) bond motifs is 1. The molecule has 37 heavy (non-hydrogen) atoms. The van der Waals surface area contributed by atoms with Crippen molar-refractivity contribution in [1.82, 2.24) is 25.0 Å². The quantitative estimate of drug-likeness (QED) is 0.262. The molecule has 0 radical (unpaired) electrons. The van der Waals surface area contributed by atoms with E-state index >= 15 is 0 Å². The van der Waals surface area contributed by atoms with Crippen molar-refractivity contribution in [2.75, 3.05) is 6.61 Å². The molecule has 188 valence electrons. The van der Waals surface area contributed by atoms with E-state index < -0.39 is 0 Å². The second kappa shape index (κ2) is 10.7. The summed E-state index contributed by atoms with van der Waals surface area (Å²) in [5.74, 6) is 1.11. The van der Waals surface area contributed by atoms with Gasteiger partial charge in [0.15, 0.2) is 5.82 Å². The lowest BCUT2D eigenvalue weighted by Gasteiger charge is -2.10. The Hall–Kier alpha value is -4.46. The highest BCUT2D eigenvalue weighted by Crippen LogP contribution is 2.31. The van der Waals surface area contributed by atoms with E-state index in [4.69, 9.17) is 14.6 Å². The van der Waals surface area contributed by atoms with Crippen LogP contribution in [0.25, 0.3) is 33.4 Å². The number of H-pyrrole nitrogens is 1. The number of ether oxygens (including phenoxy) is 2. The Kier molecular flexibility index (Phi) is 6.98. The highest BCUT2D eigenvalue weighted by molar-refractivity contribution is 5.88. The van der Waals surface area contributed by atoms with Gasteiger partial charge in [-0.2, -0.15) is 5.10 Å². The van der Waals surface area contributed by atoms with Crippen molar-refractivity contribution < 1.29 is 14.3 Å². The lowest BCUT2D eigenvalue weighted by molar-refractivity contribution is -0.142. The van der Waals surface area contributed by atoms with E-state index in [1.54, 1.807) is 13.3 Å². The summed E-state index contributed by atoms with van der Waals surface area (Å²) in [4.78, 5) is 15.1. The number of para-hydroxylation sites is 1. The molecule has 0 aliphatic rings.